The molecule has 0 N–H and O–H groups in total. The first kappa shape index (κ1) is 17.9. The van der Waals surface area contributed by atoms with Crippen molar-refractivity contribution in [3.63, 3.8) is 0 Å². The lowest BCUT2D eigenvalue weighted by molar-refractivity contribution is 0.0480. The molecule has 7 heteroatoms. The zero-order valence-electron chi connectivity index (χ0n) is 15.3. The Balaban J connectivity index is 1.61. The molecule has 4 rings (SSSR count). The largest absolute Gasteiger partial charge is 0.381 e. The van der Waals surface area contributed by atoms with Crippen molar-refractivity contribution in [2.45, 2.75) is 33.2 Å². The quantitative estimate of drug-likeness (QED) is 0.674. The number of benzene rings is 1. The highest BCUT2D eigenvalue weighted by atomic mass is 19.2. The van der Waals surface area contributed by atoms with E-state index in [9.17, 15) is 8.78 Å². The van der Waals surface area contributed by atoms with Crippen molar-refractivity contribution < 1.29 is 18.0 Å². The van der Waals surface area contributed by atoms with Crippen LogP contribution >= 0.6 is 0 Å². The lowest BCUT2D eigenvalue weighted by atomic mass is 10.0. The van der Waals surface area contributed by atoms with E-state index in [2.05, 4.69) is 14.7 Å². The Bertz CT molecular complexity index is 958. The fourth-order valence-corrected chi connectivity index (χ4v) is 3.59. The molecule has 1 fully saturated rings. The van der Waals surface area contributed by atoms with Gasteiger partial charge in [0, 0.05) is 36.0 Å². The molecule has 0 aliphatic carbocycles. The summed E-state index contributed by atoms with van der Waals surface area (Å²) in [5, 5.41) is 3.92. The van der Waals surface area contributed by atoms with Gasteiger partial charge in [-0.15, -0.1) is 0 Å². The first-order valence-electron chi connectivity index (χ1n) is 9.07. The minimum atomic E-state index is -0.938. The predicted molar refractivity (Wildman–Crippen MR) is 96.1 cm³/mol. The number of ether oxygens (including phenoxy) is 1. The van der Waals surface area contributed by atoms with E-state index in [0.717, 1.165) is 61.7 Å². The van der Waals surface area contributed by atoms with Crippen LogP contribution in [-0.2, 0) is 11.3 Å². The number of rotatable bonds is 4. The summed E-state index contributed by atoms with van der Waals surface area (Å²) in [6, 6.07) is 5.57. The molecule has 0 amide bonds. The maximum absolute atomic E-state index is 13.5. The summed E-state index contributed by atoms with van der Waals surface area (Å²) in [5.41, 5.74) is 3.38. The Labute approximate surface area is 156 Å². The molecule has 27 heavy (non-hydrogen) atoms. The number of hydrogen-bond acceptors (Lipinski definition) is 4. The maximum atomic E-state index is 13.5. The molecule has 0 spiro atoms. The average Bonchev–Trinajstić information content (AvgIpc) is 3.25. The summed E-state index contributed by atoms with van der Waals surface area (Å²) in [4.78, 5) is 4.38. The van der Waals surface area contributed by atoms with Crippen LogP contribution in [0.25, 0.3) is 22.8 Å². The number of hydrogen-bond donors (Lipinski definition) is 0. The molecule has 0 saturated carbocycles. The molecule has 3 aromatic rings. The zero-order valence-corrected chi connectivity index (χ0v) is 15.3. The van der Waals surface area contributed by atoms with E-state index < -0.39 is 11.6 Å². The summed E-state index contributed by atoms with van der Waals surface area (Å²) in [6.45, 7) is 6.59. The molecule has 0 bridgehead atoms. The molecular formula is C20H21F2N3O2. The second-order valence-electron chi connectivity index (χ2n) is 7.03. The van der Waals surface area contributed by atoms with Gasteiger partial charge in [-0.3, -0.25) is 0 Å². The van der Waals surface area contributed by atoms with E-state index in [4.69, 9.17) is 9.26 Å². The van der Waals surface area contributed by atoms with Gasteiger partial charge < -0.3 is 13.8 Å². The Morgan fingerprint density at radius 1 is 1.19 bits per heavy atom. The van der Waals surface area contributed by atoms with Crippen LogP contribution < -0.4 is 0 Å². The van der Waals surface area contributed by atoms with Crippen molar-refractivity contribution in [1.82, 2.24) is 14.7 Å². The average molecular weight is 373 g/mol. The normalized spacial score (nSPS) is 17.4. The Kier molecular flexibility index (Phi) is 4.78. The van der Waals surface area contributed by atoms with Crippen LogP contribution in [0.15, 0.2) is 28.8 Å². The summed E-state index contributed by atoms with van der Waals surface area (Å²) >= 11 is 0. The van der Waals surface area contributed by atoms with Crippen molar-refractivity contribution in [2.24, 2.45) is 5.92 Å². The SMILES string of the molecule is Cc1cc(-c2nc(-c3ccc(F)c(F)c3)no2)c(C)n1CC1CCCOC1. The molecule has 0 radical (unpaired) electrons. The van der Waals surface area contributed by atoms with Gasteiger partial charge in [0.15, 0.2) is 11.6 Å². The highest BCUT2D eigenvalue weighted by Crippen LogP contribution is 2.29. The first-order chi connectivity index (χ1) is 13.0. The minimum absolute atomic E-state index is 0.231. The summed E-state index contributed by atoms with van der Waals surface area (Å²) in [7, 11) is 0. The number of nitrogens with zero attached hydrogens (tertiary/aromatic N) is 3. The molecule has 142 valence electrons. The monoisotopic (exact) mass is 373 g/mol. The second-order valence-corrected chi connectivity index (χ2v) is 7.03. The third-order valence-electron chi connectivity index (χ3n) is 5.10. The van der Waals surface area contributed by atoms with Crippen LogP contribution in [0.1, 0.15) is 24.2 Å². The second kappa shape index (κ2) is 7.23. The number of aryl methyl sites for hydroxylation is 1. The molecule has 1 aliphatic rings. The third kappa shape index (κ3) is 3.51. The van der Waals surface area contributed by atoms with E-state index >= 15 is 0 Å². The smallest absolute Gasteiger partial charge is 0.260 e. The Morgan fingerprint density at radius 3 is 2.78 bits per heavy atom. The molecular weight excluding hydrogens is 352 g/mol. The molecule has 5 nitrogen and oxygen atoms in total. The Morgan fingerprint density at radius 2 is 2.04 bits per heavy atom. The summed E-state index contributed by atoms with van der Waals surface area (Å²) in [6.07, 6.45) is 2.26. The van der Waals surface area contributed by atoms with Crippen LogP contribution in [-0.4, -0.2) is 27.9 Å². The minimum Gasteiger partial charge on any atom is -0.381 e. The van der Waals surface area contributed by atoms with E-state index in [-0.39, 0.29) is 5.82 Å². The van der Waals surface area contributed by atoms with Gasteiger partial charge in [-0.25, -0.2) is 8.78 Å². The van der Waals surface area contributed by atoms with Gasteiger partial charge in [-0.2, -0.15) is 4.98 Å². The van der Waals surface area contributed by atoms with Crippen molar-refractivity contribution in [1.29, 1.82) is 0 Å². The molecule has 1 unspecified atom stereocenters. The van der Waals surface area contributed by atoms with Crippen LogP contribution in [0.5, 0.6) is 0 Å². The van der Waals surface area contributed by atoms with E-state index in [1.54, 1.807) is 0 Å². The standard InChI is InChI=1S/C20H21F2N3O2/c1-12-8-16(13(2)25(12)10-14-4-3-7-26-11-14)20-23-19(24-27-20)15-5-6-17(21)18(22)9-15/h5-6,8-9,14H,3-4,7,10-11H2,1-2H3. The van der Waals surface area contributed by atoms with Gasteiger partial charge in [0.2, 0.25) is 5.82 Å². The first-order valence-corrected chi connectivity index (χ1v) is 9.07. The van der Waals surface area contributed by atoms with Gasteiger partial charge >= 0.3 is 0 Å². The number of aromatic nitrogens is 3. The molecule has 3 heterocycles. The lowest BCUT2D eigenvalue weighted by Gasteiger charge is -2.24. The van der Waals surface area contributed by atoms with Gasteiger partial charge in [0.05, 0.1) is 12.2 Å². The van der Waals surface area contributed by atoms with Crippen molar-refractivity contribution in [2.75, 3.05) is 13.2 Å². The highest BCUT2D eigenvalue weighted by molar-refractivity contribution is 5.62. The summed E-state index contributed by atoms with van der Waals surface area (Å²) < 4.78 is 39.8. The predicted octanol–water partition coefficient (Wildman–Crippen LogP) is 4.53. The summed E-state index contributed by atoms with van der Waals surface area (Å²) in [5.74, 6) is -0.746. The van der Waals surface area contributed by atoms with E-state index in [0.29, 0.717) is 17.4 Å². The molecule has 1 aromatic carbocycles. The van der Waals surface area contributed by atoms with Gasteiger partial charge in [-0.1, -0.05) is 5.16 Å². The zero-order chi connectivity index (χ0) is 19.0. The van der Waals surface area contributed by atoms with Crippen LogP contribution in [0.3, 0.4) is 0 Å². The molecule has 1 saturated heterocycles. The Hall–Kier alpha value is -2.54. The number of halogens is 2. The van der Waals surface area contributed by atoms with Gasteiger partial charge in [-0.05, 0) is 51.0 Å². The third-order valence-corrected chi connectivity index (χ3v) is 5.10. The van der Waals surface area contributed by atoms with Crippen molar-refractivity contribution >= 4 is 0 Å². The fraction of sp³-hybridized carbons (Fsp3) is 0.400. The van der Waals surface area contributed by atoms with Gasteiger partial charge in [0.25, 0.3) is 5.89 Å². The maximum Gasteiger partial charge on any atom is 0.260 e. The molecule has 2 aromatic heterocycles. The fourth-order valence-electron chi connectivity index (χ4n) is 3.59. The van der Waals surface area contributed by atoms with E-state index in [1.165, 1.54) is 6.07 Å². The molecule has 1 aliphatic heterocycles. The van der Waals surface area contributed by atoms with E-state index in [1.807, 2.05) is 19.9 Å². The van der Waals surface area contributed by atoms with Crippen LogP contribution in [0.2, 0.25) is 0 Å². The van der Waals surface area contributed by atoms with Crippen molar-refractivity contribution in [3.8, 4) is 22.8 Å². The van der Waals surface area contributed by atoms with Crippen LogP contribution in [0, 0.1) is 31.4 Å². The van der Waals surface area contributed by atoms with Crippen LogP contribution in [0.4, 0.5) is 8.78 Å². The van der Waals surface area contributed by atoms with Gasteiger partial charge in [0.1, 0.15) is 0 Å². The lowest BCUT2D eigenvalue weighted by Crippen LogP contribution is -2.22. The van der Waals surface area contributed by atoms with Crippen molar-refractivity contribution in [3.05, 3.63) is 47.3 Å². The molecule has 1 atom stereocenters. The topological polar surface area (TPSA) is 53.1 Å². The highest BCUT2D eigenvalue weighted by Gasteiger charge is 2.21.